The van der Waals surface area contributed by atoms with Crippen LogP contribution < -0.4 is 10.2 Å². The van der Waals surface area contributed by atoms with Crippen LogP contribution in [0.25, 0.3) is 0 Å². The third-order valence-corrected chi connectivity index (χ3v) is 6.79. The Morgan fingerprint density at radius 2 is 1.83 bits per heavy atom. The van der Waals surface area contributed by atoms with Gasteiger partial charge in [0.2, 0.25) is 0 Å². The summed E-state index contributed by atoms with van der Waals surface area (Å²) in [6, 6.07) is 21.5. The van der Waals surface area contributed by atoms with E-state index in [1.54, 1.807) is 6.07 Å². The molecule has 0 unspecified atom stereocenters. The molecule has 29 heavy (non-hydrogen) atoms. The van der Waals surface area contributed by atoms with Gasteiger partial charge in [0, 0.05) is 38.0 Å². The molecule has 148 valence electrons. The molecule has 1 aliphatic carbocycles. The minimum atomic E-state index is 0.000456. The van der Waals surface area contributed by atoms with Crippen LogP contribution in [0.2, 0.25) is 5.02 Å². The second-order valence-electron chi connectivity index (χ2n) is 8.31. The molecule has 4 rings (SSSR count). The summed E-state index contributed by atoms with van der Waals surface area (Å²) in [7, 11) is 0. The molecule has 0 bridgehead atoms. The first-order chi connectivity index (χ1) is 14.2. The minimum absolute atomic E-state index is 0.000456. The molecule has 1 N–H and O–H groups in total. The van der Waals surface area contributed by atoms with Crippen molar-refractivity contribution in [3.63, 3.8) is 0 Å². The Balaban J connectivity index is 1.38. The normalized spacial score (nSPS) is 22.5. The van der Waals surface area contributed by atoms with Gasteiger partial charge >= 0.3 is 0 Å². The Hall–Kier alpha value is -2.53. The van der Waals surface area contributed by atoms with Crippen LogP contribution in [-0.4, -0.2) is 25.7 Å². The first-order valence-electron chi connectivity index (χ1n) is 10.2. The molecule has 1 saturated carbocycles. The van der Waals surface area contributed by atoms with Crippen molar-refractivity contribution in [1.29, 1.82) is 10.5 Å². The topological polar surface area (TPSA) is 62.9 Å². The zero-order valence-electron chi connectivity index (χ0n) is 16.4. The van der Waals surface area contributed by atoms with Crippen LogP contribution in [0.15, 0.2) is 48.5 Å². The van der Waals surface area contributed by atoms with Gasteiger partial charge < -0.3 is 10.2 Å². The zero-order valence-corrected chi connectivity index (χ0v) is 17.2. The summed E-state index contributed by atoms with van der Waals surface area (Å²) in [6.07, 6.45) is 3.62. The van der Waals surface area contributed by atoms with E-state index in [0.717, 1.165) is 38.2 Å². The number of rotatable bonds is 6. The molecule has 0 amide bonds. The molecule has 1 saturated heterocycles. The van der Waals surface area contributed by atoms with E-state index in [-0.39, 0.29) is 5.41 Å². The third kappa shape index (κ3) is 4.25. The van der Waals surface area contributed by atoms with Crippen molar-refractivity contribution in [2.75, 3.05) is 24.5 Å². The quantitative estimate of drug-likeness (QED) is 0.746. The highest BCUT2D eigenvalue weighted by Gasteiger charge is 2.41. The zero-order chi connectivity index (χ0) is 20.3. The lowest BCUT2D eigenvalue weighted by Crippen LogP contribution is -2.46. The first-order valence-corrected chi connectivity index (χ1v) is 10.6. The van der Waals surface area contributed by atoms with E-state index in [1.165, 1.54) is 12.0 Å². The highest BCUT2D eigenvalue weighted by molar-refractivity contribution is 6.32. The van der Waals surface area contributed by atoms with Crippen molar-refractivity contribution in [3.8, 4) is 12.1 Å². The van der Waals surface area contributed by atoms with Gasteiger partial charge in [-0.25, -0.2) is 0 Å². The van der Waals surface area contributed by atoms with Crippen molar-refractivity contribution in [2.24, 2.45) is 5.41 Å². The third-order valence-electron chi connectivity index (χ3n) is 6.48. The van der Waals surface area contributed by atoms with Crippen LogP contribution in [0.4, 0.5) is 5.69 Å². The molecule has 2 atom stereocenters. The lowest BCUT2D eigenvalue weighted by Gasteiger charge is -2.42. The predicted octanol–water partition coefficient (Wildman–Crippen LogP) is 4.86. The van der Waals surface area contributed by atoms with Gasteiger partial charge in [0.05, 0.1) is 22.3 Å². The number of benzene rings is 2. The van der Waals surface area contributed by atoms with Gasteiger partial charge in [-0.1, -0.05) is 48.0 Å². The summed E-state index contributed by atoms with van der Waals surface area (Å²) < 4.78 is 0. The summed E-state index contributed by atoms with van der Waals surface area (Å²) in [5.74, 6) is 0.597. The Morgan fingerprint density at radius 3 is 2.52 bits per heavy atom. The minimum Gasteiger partial charge on any atom is -0.370 e. The van der Waals surface area contributed by atoms with Crippen LogP contribution in [0.5, 0.6) is 0 Å². The number of nitriles is 2. The molecule has 0 spiro atoms. The Labute approximate surface area is 177 Å². The Bertz CT molecular complexity index is 936. The van der Waals surface area contributed by atoms with Gasteiger partial charge in [-0.3, -0.25) is 0 Å². The fourth-order valence-corrected chi connectivity index (χ4v) is 4.74. The Kier molecular flexibility index (Phi) is 5.76. The molecule has 2 fully saturated rings. The van der Waals surface area contributed by atoms with E-state index in [4.69, 9.17) is 11.6 Å². The maximum absolute atomic E-state index is 9.47. The maximum Gasteiger partial charge on any atom is 0.103 e. The molecule has 1 aliphatic heterocycles. The number of nitrogens with zero attached hydrogens (tertiary/aromatic N) is 3. The molecular formula is C24H25ClN4. The highest BCUT2D eigenvalue weighted by atomic mass is 35.5. The predicted molar refractivity (Wildman–Crippen MR) is 116 cm³/mol. The number of halogens is 1. The SMILES string of the molecule is N#CCC1(CN[C@@H]2C[C@H]2c2ccccc2)CCN(c2cccc(Cl)c2C#N)CC1. The van der Waals surface area contributed by atoms with E-state index in [1.807, 2.05) is 12.1 Å². The largest absolute Gasteiger partial charge is 0.370 e. The highest BCUT2D eigenvalue weighted by Crippen LogP contribution is 2.43. The van der Waals surface area contributed by atoms with E-state index in [9.17, 15) is 10.5 Å². The number of piperidine rings is 1. The van der Waals surface area contributed by atoms with Gasteiger partial charge in [0.1, 0.15) is 6.07 Å². The molecular weight excluding hydrogens is 380 g/mol. The van der Waals surface area contributed by atoms with Crippen LogP contribution >= 0.6 is 11.6 Å². The molecule has 5 heteroatoms. The standard InChI is InChI=1S/C24H25ClN4/c25-21-7-4-8-23(20(21)16-27)29-13-10-24(9-12-26,11-14-29)17-28-22-15-19(22)18-5-2-1-3-6-18/h1-8,19,22,28H,9-11,13-15,17H2/t19-,22+/m0/s1. The summed E-state index contributed by atoms with van der Waals surface area (Å²) in [5, 5.41) is 23.2. The van der Waals surface area contributed by atoms with Gasteiger partial charge in [-0.15, -0.1) is 0 Å². The summed E-state index contributed by atoms with van der Waals surface area (Å²) in [5.41, 5.74) is 2.85. The van der Waals surface area contributed by atoms with Gasteiger partial charge in [0.15, 0.2) is 0 Å². The summed E-state index contributed by atoms with van der Waals surface area (Å²) in [6.45, 7) is 2.55. The van der Waals surface area contributed by atoms with Crippen molar-refractivity contribution >= 4 is 17.3 Å². The monoisotopic (exact) mass is 404 g/mol. The average molecular weight is 405 g/mol. The summed E-state index contributed by atoms with van der Waals surface area (Å²) in [4.78, 5) is 2.24. The fourth-order valence-electron chi connectivity index (χ4n) is 4.53. The second kappa shape index (κ2) is 8.46. The van der Waals surface area contributed by atoms with Gasteiger partial charge in [-0.2, -0.15) is 10.5 Å². The van der Waals surface area contributed by atoms with Crippen molar-refractivity contribution < 1.29 is 0 Å². The van der Waals surface area contributed by atoms with E-state index in [2.05, 4.69) is 52.7 Å². The molecule has 4 nitrogen and oxygen atoms in total. The van der Waals surface area contributed by atoms with Gasteiger partial charge in [0.25, 0.3) is 0 Å². The number of hydrogen-bond donors (Lipinski definition) is 1. The molecule has 2 aromatic carbocycles. The van der Waals surface area contributed by atoms with Crippen molar-refractivity contribution in [3.05, 3.63) is 64.7 Å². The number of hydrogen-bond acceptors (Lipinski definition) is 4. The van der Waals surface area contributed by atoms with Crippen LogP contribution in [0, 0.1) is 28.1 Å². The molecule has 2 aliphatic rings. The van der Waals surface area contributed by atoms with E-state index in [0.29, 0.717) is 29.0 Å². The molecule has 0 radical (unpaired) electrons. The Morgan fingerprint density at radius 1 is 1.07 bits per heavy atom. The average Bonchev–Trinajstić information content (AvgIpc) is 3.54. The fraction of sp³-hybridized carbons (Fsp3) is 0.417. The van der Waals surface area contributed by atoms with Gasteiger partial charge in [-0.05, 0) is 42.4 Å². The van der Waals surface area contributed by atoms with Crippen molar-refractivity contribution in [2.45, 2.75) is 37.6 Å². The number of anilines is 1. The van der Waals surface area contributed by atoms with Crippen molar-refractivity contribution in [1.82, 2.24) is 5.32 Å². The van der Waals surface area contributed by atoms with Crippen LogP contribution in [0.3, 0.4) is 0 Å². The van der Waals surface area contributed by atoms with Crippen LogP contribution in [0.1, 0.15) is 42.7 Å². The molecule has 0 aromatic heterocycles. The van der Waals surface area contributed by atoms with E-state index >= 15 is 0 Å². The van der Waals surface area contributed by atoms with E-state index < -0.39 is 0 Å². The number of nitrogens with one attached hydrogen (secondary N) is 1. The first kappa shape index (κ1) is 19.8. The molecule has 2 aromatic rings. The smallest absolute Gasteiger partial charge is 0.103 e. The summed E-state index contributed by atoms with van der Waals surface area (Å²) >= 11 is 6.21. The second-order valence-corrected chi connectivity index (χ2v) is 8.72. The van der Waals surface area contributed by atoms with Crippen LogP contribution in [-0.2, 0) is 0 Å². The lowest BCUT2D eigenvalue weighted by atomic mass is 9.75. The molecule has 1 heterocycles. The lowest BCUT2D eigenvalue weighted by molar-refractivity contribution is 0.213. The maximum atomic E-state index is 9.47.